The highest BCUT2D eigenvalue weighted by atomic mass is 15.0. The van der Waals surface area contributed by atoms with Crippen molar-refractivity contribution in [2.75, 3.05) is 0 Å². The Hall–Kier alpha value is -8.01. The maximum Gasteiger partial charge on any atom is 0.163 e. The first-order valence-corrected chi connectivity index (χ1v) is 23.9. The highest BCUT2D eigenvalue weighted by Crippen LogP contribution is 2.54. The zero-order valence-electron chi connectivity index (χ0n) is 38.8. The Labute approximate surface area is 398 Å². The van der Waals surface area contributed by atoms with Gasteiger partial charge in [-0.25, -0.2) is 15.0 Å². The van der Waals surface area contributed by atoms with Crippen molar-refractivity contribution in [1.82, 2.24) is 15.0 Å². The molecule has 1 heterocycles. The summed E-state index contributed by atoms with van der Waals surface area (Å²) in [4.78, 5) is 15.9. The quantitative estimate of drug-likeness (QED) is 0.167. The van der Waals surface area contributed by atoms with Crippen LogP contribution in [0.4, 0.5) is 0 Å². The maximum atomic E-state index is 5.39. The number of hydrogen-bond donors (Lipinski definition) is 0. The van der Waals surface area contributed by atoms with Gasteiger partial charge in [0.05, 0.1) is 0 Å². The molecule has 0 N–H and O–H groups in total. The lowest BCUT2D eigenvalue weighted by Crippen LogP contribution is -2.15. The molecule has 1 atom stereocenters. The summed E-state index contributed by atoms with van der Waals surface area (Å²) in [5.41, 5.74) is 19.4. The molecule has 1 aromatic heterocycles. The molecule has 324 valence electrons. The van der Waals surface area contributed by atoms with E-state index >= 15 is 0 Å². The van der Waals surface area contributed by atoms with Gasteiger partial charge < -0.3 is 0 Å². The smallest absolute Gasteiger partial charge is 0.163 e. The van der Waals surface area contributed by atoms with E-state index in [9.17, 15) is 0 Å². The third kappa shape index (κ3) is 6.37. The molecule has 0 radical (unpaired) electrons. The van der Waals surface area contributed by atoms with Crippen LogP contribution in [0, 0.1) is 0 Å². The van der Waals surface area contributed by atoms with Crippen LogP contribution in [0.3, 0.4) is 0 Å². The van der Waals surface area contributed by atoms with Crippen molar-refractivity contribution in [1.29, 1.82) is 0 Å². The van der Waals surface area contributed by atoms with Gasteiger partial charge in [-0.2, -0.15) is 0 Å². The highest BCUT2D eigenvalue weighted by Gasteiger charge is 2.38. The molecular formula is C65H49N3. The van der Waals surface area contributed by atoms with Gasteiger partial charge in [-0.1, -0.05) is 204 Å². The Morgan fingerprint density at radius 2 is 0.882 bits per heavy atom. The van der Waals surface area contributed by atoms with Crippen LogP contribution in [0.25, 0.3) is 94.4 Å². The second kappa shape index (κ2) is 15.3. The number of aromatic nitrogens is 3. The topological polar surface area (TPSA) is 38.7 Å². The molecule has 68 heavy (non-hydrogen) atoms. The summed E-state index contributed by atoms with van der Waals surface area (Å²) in [7, 11) is 0. The SMILES string of the molecule is CC1(C)c2cc(-c3cc(-c4ccc5c(c4)C(C)(C)c4ccc6ccccc6c4-5)cc(-c4nc(-c5ccccc5)nc(C5C=CC(c6ccccc6)=CC5)n4)c3)ccc2-c2c1ccc1ccccc21. The Kier molecular flexibility index (Phi) is 9.04. The molecule has 3 heteroatoms. The maximum absolute atomic E-state index is 5.39. The lowest BCUT2D eigenvalue weighted by atomic mass is 9.80. The number of fused-ring (bicyclic) bond motifs is 10. The minimum atomic E-state index is -0.175. The van der Waals surface area contributed by atoms with Crippen molar-refractivity contribution in [2.45, 2.75) is 50.9 Å². The molecule has 3 aliphatic rings. The standard InChI is InChI=1S/C65H49N3/c1-64(2)55-33-29-42-17-11-13-21-51(42)59(55)53-31-27-46(38-57(53)64)48-35-49(47-28-32-54-58(39-47)65(3,4)56-34-30-43-18-12-14-22-52(43)60(54)56)37-50(36-48)63-67-61(44-19-9-6-10-20-44)66-62(68-63)45-25-23-41(24-26-45)40-15-7-5-8-16-40/h5-25,27-39,45H,26H2,1-4H3. The average molecular weight is 872 g/mol. The second-order valence-corrected chi connectivity index (χ2v) is 19.9. The fourth-order valence-electron chi connectivity index (χ4n) is 11.5. The molecule has 0 saturated carbocycles. The zero-order chi connectivity index (χ0) is 45.7. The van der Waals surface area contributed by atoms with Crippen molar-refractivity contribution in [3.8, 4) is 67.3 Å². The minimum Gasteiger partial charge on any atom is -0.212 e. The van der Waals surface area contributed by atoms with Crippen LogP contribution in [0.1, 0.15) is 73.7 Å². The molecule has 3 nitrogen and oxygen atoms in total. The summed E-state index contributed by atoms with van der Waals surface area (Å²) in [5.74, 6) is 2.12. The molecule has 3 aliphatic carbocycles. The van der Waals surface area contributed by atoms with Gasteiger partial charge in [-0.15, -0.1) is 0 Å². The Balaban J connectivity index is 0.990. The van der Waals surface area contributed by atoms with Crippen molar-refractivity contribution in [2.24, 2.45) is 0 Å². The Morgan fingerprint density at radius 1 is 0.397 bits per heavy atom. The fraction of sp³-hybridized carbons (Fsp3) is 0.123. The number of allylic oxidation sites excluding steroid dienone is 4. The summed E-state index contributed by atoms with van der Waals surface area (Å²) < 4.78 is 0. The molecule has 0 spiro atoms. The van der Waals surface area contributed by atoms with E-state index in [1.165, 1.54) is 88.3 Å². The van der Waals surface area contributed by atoms with E-state index in [-0.39, 0.29) is 16.7 Å². The van der Waals surface area contributed by atoms with E-state index in [1.54, 1.807) is 0 Å². The predicted octanol–water partition coefficient (Wildman–Crippen LogP) is 16.6. The van der Waals surface area contributed by atoms with E-state index in [1.807, 2.05) is 6.07 Å². The zero-order valence-corrected chi connectivity index (χ0v) is 38.8. The van der Waals surface area contributed by atoms with E-state index < -0.39 is 0 Å². The van der Waals surface area contributed by atoms with Crippen LogP contribution in [0.2, 0.25) is 0 Å². The lowest BCUT2D eigenvalue weighted by molar-refractivity contribution is 0.661. The van der Waals surface area contributed by atoms with E-state index in [0.29, 0.717) is 11.6 Å². The first-order valence-electron chi connectivity index (χ1n) is 23.9. The van der Waals surface area contributed by atoms with Gasteiger partial charge in [-0.05, 0) is 136 Å². The number of hydrogen-bond acceptors (Lipinski definition) is 3. The van der Waals surface area contributed by atoms with Crippen molar-refractivity contribution < 1.29 is 0 Å². The van der Waals surface area contributed by atoms with Crippen LogP contribution >= 0.6 is 0 Å². The van der Waals surface area contributed by atoms with Gasteiger partial charge in [0.2, 0.25) is 0 Å². The number of rotatable bonds is 6. The molecular weight excluding hydrogens is 823 g/mol. The van der Waals surface area contributed by atoms with Gasteiger partial charge in [0.1, 0.15) is 5.82 Å². The van der Waals surface area contributed by atoms with Crippen LogP contribution in [0.5, 0.6) is 0 Å². The Bertz CT molecular complexity index is 3600. The second-order valence-electron chi connectivity index (χ2n) is 19.9. The molecule has 13 rings (SSSR count). The molecule has 0 bridgehead atoms. The fourth-order valence-corrected chi connectivity index (χ4v) is 11.5. The van der Waals surface area contributed by atoms with Crippen molar-refractivity contribution in [3.63, 3.8) is 0 Å². The molecule has 9 aromatic carbocycles. The lowest BCUT2D eigenvalue weighted by Gasteiger charge is -2.23. The predicted molar refractivity (Wildman–Crippen MR) is 283 cm³/mol. The third-order valence-electron chi connectivity index (χ3n) is 15.2. The van der Waals surface area contributed by atoms with Crippen LogP contribution in [-0.2, 0) is 10.8 Å². The summed E-state index contributed by atoms with van der Waals surface area (Å²) in [6.45, 7) is 9.50. The minimum absolute atomic E-state index is 0.00244. The monoisotopic (exact) mass is 871 g/mol. The van der Waals surface area contributed by atoms with Gasteiger partial charge in [0, 0.05) is 27.9 Å². The average Bonchev–Trinajstić information content (AvgIpc) is 3.77. The van der Waals surface area contributed by atoms with E-state index in [2.05, 4.69) is 228 Å². The molecule has 0 amide bonds. The van der Waals surface area contributed by atoms with E-state index in [4.69, 9.17) is 15.0 Å². The number of nitrogens with zero attached hydrogens (tertiary/aromatic N) is 3. The van der Waals surface area contributed by atoms with Crippen LogP contribution in [0.15, 0.2) is 206 Å². The number of benzene rings is 9. The molecule has 0 aliphatic heterocycles. The first kappa shape index (κ1) is 40.3. The summed E-state index contributed by atoms with van der Waals surface area (Å²) in [5, 5.41) is 5.16. The van der Waals surface area contributed by atoms with Crippen molar-refractivity contribution in [3.05, 3.63) is 240 Å². The third-order valence-corrected chi connectivity index (χ3v) is 15.2. The summed E-state index contributed by atoms with van der Waals surface area (Å²) >= 11 is 0. The molecule has 1 unspecified atom stereocenters. The Morgan fingerprint density at radius 3 is 1.41 bits per heavy atom. The van der Waals surface area contributed by atoms with Crippen LogP contribution in [-0.4, -0.2) is 15.0 Å². The van der Waals surface area contributed by atoms with E-state index in [0.717, 1.165) is 34.5 Å². The largest absolute Gasteiger partial charge is 0.212 e. The van der Waals surface area contributed by atoms with Gasteiger partial charge in [0.15, 0.2) is 11.6 Å². The van der Waals surface area contributed by atoms with Crippen molar-refractivity contribution >= 4 is 27.1 Å². The van der Waals surface area contributed by atoms with Gasteiger partial charge in [-0.3, -0.25) is 0 Å². The van der Waals surface area contributed by atoms with Gasteiger partial charge in [0.25, 0.3) is 0 Å². The van der Waals surface area contributed by atoms with Crippen LogP contribution < -0.4 is 0 Å². The highest BCUT2D eigenvalue weighted by molar-refractivity contribution is 6.04. The normalized spacial score (nSPS) is 16.0. The molecule has 0 saturated heterocycles. The molecule has 0 fully saturated rings. The molecule has 10 aromatic rings. The summed E-state index contributed by atoms with van der Waals surface area (Å²) in [6, 6.07) is 69.0. The first-order chi connectivity index (χ1) is 33.2. The summed E-state index contributed by atoms with van der Waals surface area (Å²) in [6.07, 6.45) is 7.60. The van der Waals surface area contributed by atoms with Gasteiger partial charge >= 0.3 is 0 Å².